The van der Waals surface area contributed by atoms with Crippen LogP contribution in [-0.2, 0) is 9.53 Å². The quantitative estimate of drug-likeness (QED) is 0.294. The molecule has 41 heavy (non-hydrogen) atoms. The molecule has 9 nitrogen and oxygen atoms in total. The van der Waals surface area contributed by atoms with E-state index >= 15 is 0 Å². The van der Waals surface area contributed by atoms with Crippen LogP contribution in [0.5, 0.6) is 23.0 Å². The minimum atomic E-state index is -0.784. The SMILES string of the molecule is CCOC(=O)C1=C(C)N=c2s/c(=C\c3cc(OC)c(OCC)cc3Br)c(=O)n2[C@@H]1c1ccc(OC(C)C)c(OC)c1. The fraction of sp³-hybridized carbons (Fsp3) is 0.367. The first-order valence-electron chi connectivity index (χ1n) is 13.2. The minimum absolute atomic E-state index is 0.0646. The summed E-state index contributed by atoms with van der Waals surface area (Å²) >= 11 is 4.83. The molecule has 0 saturated carbocycles. The number of fused-ring (bicyclic) bond motifs is 1. The van der Waals surface area contributed by atoms with Crippen LogP contribution in [0.4, 0.5) is 0 Å². The number of allylic oxidation sites excluding steroid dienone is 1. The monoisotopic (exact) mass is 644 g/mol. The Hall–Kier alpha value is -3.57. The van der Waals surface area contributed by atoms with Crippen LogP contribution in [-0.4, -0.2) is 44.1 Å². The van der Waals surface area contributed by atoms with Crippen molar-refractivity contribution < 1.29 is 28.5 Å². The van der Waals surface area contributed by atoms with Gasteiger partial charge in [-0.15, -0.1) is 0 Å². The topological polar surface area (TPSA) is 97.6 Å². The number of rotatable bonds is 10. The Morgan fingerprint density at radius 1 is 1.07 bits per heavy atom. The molecule has 2 aromatic carbocycles. The molecule has 1 aliphatic heterocycles. The zero-order valence-corrected chi connectivity index (χ0v) is 26.5. The zero-order chi connectivity index (χ0) is 29.8. The van der Waals surface area contributed by atoms with E-state index in [4.69, 9.17) is 23.7 Å². The number of nitrogens with zero attached hydrogens (tertiary/aromatic N) is 2. The third-order valence-corrected chi connectivity index (χ3v) is 7.92. The average molecular weight is 646 g/mol. The Morgan fingerprint density at radius 3 is 2.41 bits per heavy atom. The van der Waals surface area contributed by atoms with Gasteiger partial charge in [-0.1, -0.05) is 33.3 Å². The summed E-state index contributed by atoms with van der Waals surface area (Å²) < 4.78 is 30.8. The van der Waals surface area contributed by atoms with Crippen LogP contribution in [0.2, 0.25) is 0 Å². The summed E-state index contributed by atoms with van der Waals surface area (Å²) in [4.78, 5) is 32.4. The number of halogens is 1. The number of hydrogen-bond acceptors (Lipinski definition) is 9. The third kappa shape index (κ3) is 6.20. The molecule has 0 N–H and O–H groups in total. The second-order valence-electron chi connectivity index (χ2n) is 9.34. The highest BCUT2D eigenvalue weighted by Crippen LogP contribution is 2.37. The van der Waals surface area contributed by atoms with E-state index in [0.29, 0.717) is 50.2 Å². The molecule has 0 saturated heterocycles. The lowest BCUT2D eigenvalue weighted by molar-refractivity contribution is -0.139. The van der Waals surface area contributed by atoms with Crippen LogP contribution in [0.25, 0.3) is 6.08 Å². The van der Waals surface area contributed by atoms with E-state index in [-0.39, 0.29) is 23.8 Å². The lowest BCUT2D eigenvalue weighted by atomic mass is 9.95. The number of hydrogen-bond donors (Lipinski definition) is 0. The molecule has 1 aliphatic rings. The normalized spacial score (nSPS) is 15.0. The fourth-order valence-corrected chi connectivity index (χ4v) is 6.02. The summed E-state index contributed by atoms with van der Waals surface area (Å²) in [7, 11) is 3.11. The molecule has 3 aromatic rings. The van der Waals surface area contributed by atoms with Gasteiger partial charge in [0.2, 0.25) is 0 Å². The van der Waals surface area contributed by atoms with Crippen LogP contribution in [0, 0.1) is 0 Å². The molecular formula is C30H33BrN2O7S. The summed E-state index contributed by atoms with van der Waals surface area (Å²) in [5.41, 5.74) is 1.85. The summed E-state index contributed by atoms with van der Waals surface area (Å²) in [6, 6.07) is 8.22. The molecule has 0 bridgehead atoms. The number of methoxy groups -OCH3 is 2. The Morgan fingerprint density at radius 2 is 1.78 bits per heavy atom. The number of thiazole rings is 1. The van der Waals surface area contributed by atoms with Crippen molar-refractivity contribution >= 4 is 39.3 Å². The van der Waals surface area contributed by atoms with Crippen LogP contribution in [0.3, 0.4) is 0 Å². The molecule has 11 heteroatoms. The van der Waals surface area contributed by atoms with Gasteiger partial charge < -0.3 is 23.7 Å². The summed E-state index contributed by atoms with van der Waals surface area (Å²) in [6.45, 7) is 9.90. The second-order valence-corrected chi connectivity index (χ2v) is 11.2. The molecule has 0 spiro atoms. The van der Waals surface area contributed by atoms with E-state index < -0.39 is 12.0 Å². The first kappa shape index (κ1) is 30.4. The van der Waals surface area contributed by atoms with Gasteiger partial charge >= 0.3 is 5.97 Å². The van der Waals surface area contributed by atoms with E-state index in [1.807, 2.05) is 32.9 Å². The standard InChI is InChI=1S/C30H33BrN2O7S/c1-8-38-24-15-20(31)19(13-23(24)37-7)14-25-28(34)33-27(18-10-11-21(40-16(3)4)22(12-18)36-6)26(29(35)39-9-2)17(5)32-30(33)41-25/h10-16,27H,8-9H2,1-7H3/b25-14-/t27-/m1/s1. The van der Waals surface area contributed by atoms with Gasteiger partial charge in [0, 0.05) is 4.47 Å². The van der Waals surface area contributed by atoms with Gasteiger partial charge in [-0.25, -0.2) is 9.79 Å². The van der Waals surface area contributed by atoms with Gasteiger partial charge in [0.05, 0.1) is 55.4 Å². The summed E-state index contributed by atoms with van der Waals surface area (Å²) in [5, 5.41) is 0. The highest BCUT2D eigenvalue weighted by molar-refractivity contribution is 9.10. The second kappa shape index (κ2) is 12.9. The maximum Gasteiger partial charge on any atom is 0.338 e. The lowest BCUT2D eigenvalue weighted by Gasteiger charge is -2.25. The molecule has 218 valence electrons. The van der Waals surface area contributed by atoms with Crippen molar-refractivity contribution in [2.45, 2.75) is 46.8 Å². The largest absolute Gasteiger partial charge is 0.493 e. The Balaban J connectivity index is 1.94. The van der Waals surface area contributed by atoms with Gasteiger partial charge in [-0.3, -0.25) is 9.36 Å². The first-order chi connectivity index (χ1) is 19.6. The van der Waals surface area contributed by atoms with Crippen molar-refractivity contribution in [1.29, 1.82) is 0 Å². The Kier molecular flexibility index (Phi) is 9.60. The Labute approximate surface area is 250 Å². The highest BCUT2D eigenvalue weighted by Gasteiger charge is 2.34. The summed E-state index contributed by atoms with van der Waals surface area (Å²) in [5.74, 6) is 1.65. The van der Waals surface area contributed by atoms with Crippen LogP contribution < -0.4 is 33.8 Å². The maximum atomic E-state index is 14.0. The number of carbonyl (C=O) groups excluding carboxylic acids is 1. The van der Waals surface area contributed by atoms with Gasteiger partial charge in [0.1, 0.15) is 0 Å². The maximum absolute atomic E-state index is 14.0. The van der Waals surface area contributed by atoms with E-state index in [2.05, 4.69) is 20.9 Å². The van der Waals surface area contributed by atoms with Crippen LogP contribution in [0.15, 0.2) is 55.9 Å². The molecule has 0 unspecified atom stereocenters. The minimum Gasteiger partial charge on any atom is -0.493 e. The van der Waals surface area contributed by atoms with Crippen molar-refractivity contribution in [3.8, 4) is 23.0 Å². The van der Waals surface area contributed by atoms with Crippen molar-refractivity contribution in [2.24, 2.45) is 4.99 Å². The molecule has 0 amide bonds. The molecule has 1 aromatic heterocycles. The van der Waals surface area contributed by atoms with Crippen molar-refractivity contribution in [3.05, 3.63) is 76.9 Å². The fourth-order valence-electron chi connectivity index (χ4n) is 4.54. The predicted molar refractivity (Wildman–Crippen MR) is 161 cm³/mol. The molecule has 0 radical (unpaired) electrons. The molecule has 0 aliphatic carbocycles. The van der Waals surface area contributed by atoms with Gasteiger partial charge in [0.25, 0.3) is 5.56 Å². The number of carbonyl (C=O) groups is 1. The average Bonchev–Trinajstić information content (AvgIpc) is 3.23. The molecule has 2 heterocycles. The lowest BCUT2D eigenvalue weighted by Crippen LogP contribution is -2.40. The van der Waals surface area contributed by atoms with Crippen LogP contribution >= 0.6 is 27.3 Å². The first-order valence-corrected chi connectivity index (χ1v) is 14.8. The zero-order valence-electron chi connectivity index (χ0n) is 24.1. The summed E-state index contributed by atoms with van der Waals surface area (Å²) in [6.07, 6.45) is 1.71. The molecular weight excluding hydrogens is 612 g/mol. The van der Waals surface area contributed by atoms with Gasteiger partial charge in [-0.05, 0) is 76.1 Å². The number of esters is 1. The predicted octanol–water partition coefficient (Wildman–Crippen LogP) is 4.76. The number of benzene rings is 2. The van der Waals surface area contributed by atoms with Crippen LogP contribution in [0.1, 0.15) is 51.8 Å². The molecule has 4 rings (SSSR count). The number of aromatic nitrogens is 1. The van der Waals surface area contributed by atoms with E-state index in [0.717, 1.165) is 10.0 Å². The van der Waals surface area contributed by atoms with Crippen molar-refractivity contribution in [2.75, 3.05) is 27.4 Å². The smallest absolute Gasteiger partial charge is 0.338 e. The molecule has 1 atom stereocenters. The number of ether oxygens (including phenoxy) is 5. The van der Waals surface area contributed by atoms with E-state index in [1.54, 1.807) is 52.3 Å². The Bertz CT molecular complexity index is 1670. The van der Waals surface area contributed by atoms with Gasteiger partial charge in [0.15, 0.2) is 27.8 Å². The third-order valence-electron chi connectivity index (χ3n) is 6.25. The van der Waals surface area contributed by atoms with Gasteiger partial charge in [-0.2, -0.15) is 0 Å². The highest BCUT2D eigenvalue weighted by atomic mass is 79.9. The van der Waals surface area contributed by atoms with Crippen molar-refractivity contribution in [1.82, 2.24) is 4.57 Å². The molecule has 0 fully saturated rings. The van der Waals surface area contributed by atoms with E-state index in [1.165, 1.54) is 15.9 Å². The van der Waals surface area contributed by atoms with E-state index in [9.17, 15) is 9.59 Å². The van der Waals surface area contributed by atoms with Crippen molar-refractivity contribution in [3.63, 3.8) is 0 Å².